The number of benzene rings is 2. The van der Waals surface area contributed by atoms with Gasteiger partial charge in [-0.25, -0.2) is 0 Å². The lowest BCUT2D eigenvalue weighted by atomic mass is 9.85. The first-order chi connectivity index (χ1) is 10.1. The van der Waals surface area contributed by atoms with Gasteiger partial charge in [0.2, 0.25) is 5.91 Å². The minimum atomic E-state index is -0.366. The van der Waals surface area contributed by atoms with Crippen LogP contribution in [-0.2, 0) is 4.79 Å². The summed E-state index contributed by atoms with van der Waals surface area (Å²) in [6.45, 7) is 0.430. The standard InChI is InChI=1S/C17H19BrN2O/c18-14-5-3-13-10-15(6-4-12(13)9-14)20-16(21)17(11-19)7-1-2-8-17/h3-6,9-10H,1-2,7-8,11,19H2,(H,20,21). The topological polar surface area (TPSA) is 55.1 Å². The van der Waals surface area contributed by atoms with Gasteiger partial charge < -0.3 is 11.1 Å². The molecule has 1 saturated carbocycles. The van der Waals surface area contributed by atoms with Crippen molar-refractivity contribution in [3.63, 3.8) is 0 Å². The summed E-state index contributed by atoms with van der Waals surface area (Å²) in [4.78, 5) is 12.6. The summed E-state index contributed by atoms with van der Waals surface area (Å²) in [6.07, 6.45) is 3.98. The molecule has 0 saturated heterocycles. The predicted molar refractivity (Wildman–Crippen MR) is 90.2 cm³/mol. The third-order valence-electron chi connectivity index (χ3n) is 4.49. The van der Waals surface area contributed by atoms with Gasteiger partial charge in [0.15, 0.2) is 0 Å². The van der Waals surface area contributed by atoms with Gasteiger partial charge in [-0.3, -0.25) is 4.79 Å². The Balaban J connectivity index is 1.84. The summed E-state index contributed by atoms with van der Waals surface area (Å²) in [5, 5.41) is 5.32. The van der Waals surface area contributed by atoms with E-state index >= 15 is 0 Å². The molecule has 0 radical (unpaired) electrons. The van der Waals surface area contributed by atoms with E-state index in [2.05, 4.69) is 27.3 Å². The smallest absolute Gasteiger partial charge is 0.231 e. The lowest BCUT2D eigenvalue weighted by Gasteiger charge is -2.25. The number of carbonyl (C=O) groups is 1. The molecule has 4 heteroatoms. The Labute approximate surface area is 133 Å². The van der Waals surface area contributed by atoms with Crippen LogP contribution in [-0.4, -0.2) is 12.5 Å². The van der Waals surface area contributed by atoms with Crippen LogP contribution in [0, 0.1) is 5.41 Å². The summed E-state index contributed by atoms with van der Waals surface area (Å²) >= 11 is 3.47. The van der Waals surface area contributed by atoms with Crippen LogP contribution in [0.1, 0.15) is 25.7 Å². The Morgan fingerprint density at radius 2 is 1.81 bits per heavy atom. The molecular formula is C17H19BrN2O. The van der Waals surface area contributed by atoms with Crippen LogP contribution >= 0.6 is 15.9 Å². The maximum absolute atomic E-state index is 12.6. The molecule has 0 atom stereocenters. The molecule has 0 spiro atoms. The molecule has 21 heavy (non-hydrogen) atoms. The molecule has 0 bridgehead atoms. The Hall–Kier alpha value is -1.39. The minimum absolute atomic E-state index is 0.0685. The third kappa shape index (κ3) is 2.83. The molecule has 1 fully saturated rings. The number of hydrogen-bond acceptors (Lipinski definition) is 2. The van der Waals surface area contributed by atoms with E-state index in [1.54, 1.807) is 0 Å². The first-order valence-electron chi connectivity index (χ1n) is 7.34. The molecule has 0 heterocycles. The van der Waals surface area contributed by atoms with E-state index in [0.29, 0.717) is 6.54 Å². The quantitative estimate of drug-likeness (QED) is 0.880. The van der Waals surface area contributed by atoms with Crippen LogP contribution in [0.2, 0.25) is 0 Å². The SMILES string of the molecule is NCC1(C(=O)Nc2ccc3cc(Br)ccc3c2)CCCC1. The Bertz CT molecular complexity index is 678. The van der Waals surface area contributed by atoms with Gasteiger partial charge in [-0.15, -0.1) is 0 Å². The first kappa shape index (κ1) is 14.5. The molecular weight excluding hydrogens is 328 g/mol. The van der Waals surface area contributed by atoms with Crippen molar-refractivity contribution in [2.75, 3.05) is 11.9 Å². The highest BCUT2D eigenvalue weighted by atomic mass is 79.9. The van der Waals surface area contributed by atoms with Crippen LogP contribution in [0.4, 0.5) is 5.69 Å². The van der Waals surface area contributed by atoms with E-state index in [1.807, 2.05) is 30.3 Å². The highest BCUT2D eigenvalue weighted by molar-refractivity contribution is 9.10. The lowest BCUT2D eigenvalue weighted by Crippen LogP contribution is -2.40. The predicted octanol–water partition coefficient (Wildman–Crippen LogP) is 4.06. The first-order valence-corrected chi connectivity index (χ1v) is 8.13. The van der Waals surface area contributed by atoms with Crippen LogP contribution in [0.25, 0.3) is 10.8 Å². The van der Waals surface area contributed by atoms with E-state index in [4.69, 9.17) is 5.73 Å². The maximum atomic E-state index is 12.6. The number of rotatable bonds is 3. The second kappa shape index (κ2) is 5.78. The highest BCUT2D eigenvalue weighted by Crippen LogP contribution is 2.38. The third-order valence-corrected chi connectivity index (χ3v) is 4.99. The molecule has 1 amide bonds. The van der Waals surface area contributed by atoms with Crippen LogP contribution < -0.4 is 11.1 Å². The molecule has 0 aromatic heterocycles. The molecule has 0 aliphatic heterocycles. The van der Waals surface area contributed by atoms with Crippen LogP contribution in [0.5, 0.6) is 0 Å². The van der Waals surface area contributed by atoms with Crippen LogP contribution in [0.15, 0.2) is 40.9 Å². The fourth-order valence-corrected chi connectivity index (χ4v) is 3.51. The molecule has 3 N–H and O–H groups in total. The summed E-state index contributed by atoms with van der Waals surface area (Å²) in [7, 11) is 0. The molecule has 2 aromatic carbocycles. The number of carbonyl (C=O) groups excluding carboxylic acids is 1. The molecule has 0 unspecified atom stereocenters. The van der Waals surface area contributed by atoms with Crippen molar-refractivity contribution in [1.29, 1.82) is 0 Å². The molecule has 2 aromatic rings. The number of nitrogens with two attached hydrogens (primary N) is 1. The Morgan fingerprint density at radius 1 is 1.14 bits per heavy atom. The maximum Gasteiger partial charge on any atom is 0.231 e. The lowest BCUT2D eigenvalue weighted by molar-refractivity contribution is -0.124. The zero-order chi connectivity index (χ0) is 14.9. The summed E-state index contributed by atoms with van der Waals surface area (Å²) in [5.41, 5.74) is 6.34. The molecule has 3 rings (SSSR count). The van der Waals surface area contributed by atoms with Gasteiger partial charge in [0, 0.05) is 16.7 Å². The second-order valence-electron chi connectivity index (χ2n) is 5.85. The average molecular weight is 347 g/mol. The van der Waals surface area contributed by atoms with E-state index in [9.17, 15) is 4.79 Å². The van der Waals surface area contributed by atoms with E-state index in [-0.39, 0.29) is 11.3 Å². The van der Waals surface area contributed by atoms with Crippen molar-refractivity contribution >= 4 is 38.3 Å². The molecule has 1 aliphatic carbocycles. The van der Waals surface area contributed by atoms with Crippen molar-refractivity contribution in [3.8, 4) is 0 Å². The van der Waals surface area contributed by atoms with Crippen molar-refractivity contribution < 1.29 is 4.79 Å². The van der Waals surface area contributed by atoms with Gasteiger partial charge in [0.25, 0.3) is 0 Å². The zero-order valence-corrected chi connectivity index (χ0v) is 13.4. The molecule has 110 valence electrons. The van der Waals surface area contributed by atoms with Gasteiger partial charge in [0.1, 0.15) is 0 Å². The number of halogens is 1. The molecule has 3 nitrogen and oxygen atoms in total. The van der Waals surface area contributed by atoms with Crippen molar-refractivity contribution in [2.45, 2.75) is 25.7 Å². The zero-order valence-electron chi connectivity index (χ0n) is 11.9. The summed E-state index contributed by atoms with van der Waals surface area (Å²) in [6, 6.07) is 12.1. The largest absolute Gasteiger partial charge is 0.329 e. The fraction of sp³-hybridized carbons (Fsp3) is 0.353. The Morgan fingerprint density at radius 3 is 2.52 bits per heavy atom. The van der Waals surface area contributed by atoms with Gasteiger partial charge in [-0.1, -0.05) is 40.9 Å². The van der Waals surface area contributed by atoms with Crippen LogP contribution in [0.3, 0.4) is 0 Å². The van der Waals surface area contributed by atoms with Gasteiger partial charge in [-0.05, 0) is 47.9 Å². The van der Waals surface area contributed by atoms with Gasteiger partial charge in [0.05, 0.1) is 5.41 Å². The summed E-state index contributed by atoms with van der Waals surface area (Å²) < 4.78 is 1.06. The van der Waals surface area contributed by atoms with Crippen molar-refractivity contribution in [2.24, 2.45) is 11.1 Å². The van der Waals surface area contributed by atoms with E-state index in [1.165, 1.54) is 0 Å². The van der Waals surface area contributed by atoms with Gasteiger partial charge in [-0.2, -0.15) is 0 Å². The minimum Gasteiger partial charge on any atom is -0.329 e. The van der Waals surface area contributed by atoms with Crippen molar-refractivity contribution in [1.82, 2.24) is 0 Å². The average Bonchev–Trinajstić information content (AvgIpc) is 2.97. The Kier molecular flexibility index (Phi) is 4.00. The van der Waals surface area contributed by atoms with E-state index < -0.39 is 0 Å². The number of amides is 1. The van der Waals surface area contributed by atoms with Crippen molar-refractivity contribution in [3.05, 3.63) is 40.9 Å². The normalized spacial score (nSPS) is 17.0. The molecule has 1 aliphatic rings. The number of anilines is 1. The van der Waals surface area contributed by atoms with Gasteiger partial charge >= 0.3 is 0 Å². The number of fused-ring (bicyclic) bond motifs is 1. The highest BCUT2D eigenvalue weighted by Gasteiger charge is 2.39. The fourth-order valence-electron chi connectivity index (χ4n) is 3.13. The summed E-state index contributed by atoms with van der Waals surface area (Å²) in [5.74, 6) is 0.0685. The second-order valence-corrected chi connectivity index (χ2v) is 6.77. The monoisotopic (exact) mass is 346 g/mol. The number of nitrogens with one attached hydrogen (secondary N) is 1. The van der Waals surface area contributed by atoms with E-state index in [0.717, 1.165) is 46.6 Å². The number of hydrogen-bond donors (Lipinski definition) is 2.